The van der Waals surface area contributed by atoms with Gasteiger partial charge in [0.1, 0.15) is 5.60 Å². The van der Waals surface area contributed by atoms with Crippen molar-refractivity contribution in [3.05, 3.63) is 48.0 Å². The third-order valence-electron chi connectivity index (χ3n) is 9.12. The van der Waals surface area contributed by atoms with E-state index in [0.29, 0.717) is 17.8 Å². The number of rotatable bonds is 6. The van der Waals surface area contributed by atoms with Crippen molar-refractivity contribution in [2.75, 3.05) is 0 Å². The van der Waals surface area contributed by atoms with E-state index in [1.54, 1.807) is 0 Å². The molecule has 1 atom stereocenters. The van der Waals surface area contributed by atoms with Crippen LogP contribution in [-0.4, -0.2) is 11.6 Å². The van der Waals surface area contributed by atoms with Gasteiger partial charge < -0.3 is 4.74 Å². The zero-order valence-electron chi connectivity index (χ0n) is 19.7. The van der Waals surface area contributed by atoms with Gasteiger partial charge in [0.2, 0.25) is 0 Å². The molecule has 4 fully saturated rings. The van der Waals surface area contributed by atoms with Crippen molar-refractivity contribution in [3.8, 4) is 0 Å². The Bertz CT molecular complexity index is 944. The van der Waals surface area contributed by atoms with E-state index < -0.39 is 5.41 Å². The van der Waals surface area contributed by atoms with E-state index in [0.717, 1.165) is 24.7 Å². The lowest BCUT2D eigenvalue weighted by atomic mass is 9.50. The SMILES string of the molecule is CCC(CC(C)(C)C(=O)OC1(C)C2CC3CC(C2)CC1C3)c1ccc2ccccc2c1. The quantitative estimate of drug-likeness (QED) is 0.454. The van der Waals surface area contributed by atoms with Gasteiger partial charge in [0, 0.05) is 0 Å². The van der Waals surface area contributed by atoms with Crippen molar-refractivity contribution in [1.82, 2.24) is 0 Å². The number of fused-ring (bicyclic) bond motifs is 1. The van der Waals surface area contributed by atoms with Gasteiger partial charge in [0.15, 0.2) is 0 Å². The van der Waals surface area contributed by atoms with Crippen LogP contribution >= 0.6 is 0 Å². The van der Waals surface area contributed by atoms with Crippen LogP contribution in [0.4, 0.5) is 0 Å². The van der Waals surface area contributed by atoms with Crippen LogP contribution in [0.1, 0.15) is 84.1 Å². The van der Waals surface area contributed by atoms with Crippen molar-refractivity contribution in [1.29, 1.82) is 0 Å². The minimum Gasteiger partial charge on any atom is -0.458 e. The Hall–Kier alpha value is -1.83. The second-order valence-corrected chi connectivity index (χ2v) is 11.7. The minimum atomic E-state index is -0.482. The topological polar surface area (TPSA) is 26.3 Å². The van der Waals surface area contributed by atoms with Crippen LogP contribution in [-0.2, 0) is 9.53 Å². The predicted molar refractivity (Wildman–Crippen MR) is 127 cm³/mol. The van der Waals surface area contributed by atoms with Gasteiger partial charge in [-0.2, -0.15) is 0 Å². The summed E-state index contributed by atoms with van der Waals surface area (Å²) in [6.45, 7) is 8.69. The van der Waals surface area contributed by atoms with Gasteiger partial charge in [-0.3, -0.25) is 4.79 Å². The zero-order chi connectivity index (χ0) is 21.8. The van der Waals surface area contributed by atoms with Gasteiger partial charge in [-0.25, -0.2) is 0 Å². The molecule has 6 rings (SSSR count). The number of carbonyl (C=O) groups is 1. The first-order valence-electron chi connectivity index (χ1n) is 12.5. The average Bonchev–Trinajstić information content (AvgIpc) is 2.75. The third-order valence-corrected chi connectivity index (χ3v) is 9.12. The molecule has 1 unspecified atom stereocenters. The van der Waals surface area contributed by atoms with E-state index in [9.17, 15) is 4.79 Å². The molecule has 2 aromatic rings. The summed E-state index contributed by atoms with van der Waals surface area (Å²) >= 11 is 0. The number of hydrogen-bond acceptors (Lipinski definition) is 2. The van der Waals surface area contributed by atoms with E-state index in [-0.39, 0.29) is 11.6 Å². The molecule has 0 N–H and O–H groups in total. The molecule has 31 heavy (non-hydrogen) atoms. The molecule has 0 radical (unpaired) electrons. The summed E-state index contributed by atoms with van der Waals surface area (Å²) in [5, 5.41) is 2.55. The van der Waals surface area contributed by atoms with Gasteiger partial charge in [0.05, 0.1) is 5.41 Å². The van der Waals surface area contributed by atoms with Gasteiger partial charge in [0.25, 0.3) is 0 Å². The summed E-state index contributed by atoms with van der Waals surface area (Å²) in [7, 11) is 0. The molecule has 4 aliphatic carbocycles. The van der Waals surface area contributed by atoms with Gasteiger partial charge in [-0.1, -0.05) is 49.4 Å². The first-order chi connectivity index (χ1) is 14.8. The summed E-state index contributed by atoms with van der Waals surface area (Å²) in [5.74, 6) is 3.30. The first kappa shape index (κ1) is 21.0. The second-order valence-electron chi connectivity index (χ2n) is 11.7. The lowest BCUT2D eigenvalue weighted by molar-refractivity contribution is -0.211. The van der Waals surface area contributed by atoms with E-state index in [4.69, 9.17) is 4.74 Å². The van der Waals surface area contributed by atoms with Crippen molar-refractivity contribution < 1.29 is 9.53 Å². The Morgan fingerprint density at radius 1 is 1.00 bits per heavy atom. The molecule has 4 bridgehead atoms. The van der Waals surface area contributed by atoms with Gasteiger partial charge >= 0.3 is 5.97 Å². The van der Waals surface area contributed by atoms with E-state index in [1.807, 2.05) is 0 Å². The smallest absolute Gasteiger partial charge is 0.312 e. The number of esters is 1. The summed E-state index contributed by atoms with van der Waals surface area (Å²) in [5.41, 5.74) is 0.610. The summed E-state index contributed by atoms with van der Waals surface area (Å²) in [4.78, 5) is 13.5. The monoisotopic (exact) mass is 418 g/mol. The highest BCUT2D eigenvalue weighted by Gasteiger charge is 2.57. The number of hydrogen-bond donors (Lipinski definition) is 0. The summed E-state index contributed by atoms with van der Waals surface area (Å²) < 4.78 is 6.49. The largest absolute Gasteiger partial charge is 0.458 e. The molecule has 0 aliphatic heterocycles. The summed E-state index contributed by atoms with van der Waals surface area (Å²) in [6, 6.07) is 15.3. The number of benzene rings is 2. The Morgan fingerprint density at radius 3 is 2.23 bits per heavy atom. The van der Waals surface area contributed by atoms with Crippen LogP contribution in [0.2, 0.25) is 0 Å². The normalized spacial score (nSPS) is 32.9. The molecule has 0 heterocycles. The maximum absolute atomic E-state index is 13.5. The highest BCUT2D eigenvalue weighted by Crippen LogP contribution is 2.59. The molecule has 0 saturated heterocycles. The van der Waals surface area contributed by atoms with Gasteiger partial charge in [-0.15, -0.1) is 0 Å². The highest BCUT2D eigenvalue weighted by atomic mass is 16.6. The van der Waals surface area contributed by atoms with Crippen LogP contribution in [0.25, 0.3) is 10.8 Å². The fourth-order valence-electron chi connectivity index (χ4n) is 7.28. The van der Waals surface area contributed by atoms with Crippen LogP contribution in [0.5, 0.6) is 0 Å². The Labute approximate surface area is 187 Å². The first-order valence-corrected chi connectivity index (χ1v) is 12.5. The predicted octanol–water partition coefficient (Wildman–Crippen LogP) is 7.51. The van der Waals surface area contributed by atoms with E-state index in [2.05, 4.69) is 70.2 Å². The Balaban J connectivity index is 1.32. The van der Waals surface area contributed by atoms with Crippen LogP contribution in [0.3, 0.4) is 0 Å². The molecule has 0 spiro atoms. The summed E-state index contributed by atoms with van der Waals surface area (Å²) in [6.07, 6.45) is 8.36. The maximum atomic E-state index is 13.5. The average molecular weight is 419 g/mol. The minimum absolute atomic E-state index is 0.0155. The van der Waals surface area contributed by atoms with Crippen LogP contribution in [0, 0.1) is 29.1 Å². The Kier molecular flexibility index (Phi) is 5.19. The fraction of sp³-hybridized carbons (Fsp3) is 0.621. The van der Waals surface area contributed by atoms with Crippen molar-refractivity contribution >= 4 is 16.7 Å². The second kappa shape index (κ2) is 7.64. The molecule has 4 aliphatic rings. The highest BCUT2D eigenvalue weighted by molar-refractivity contribution is 5.83. The standard InChI is InChI=1S/C29H38O2/c1-5-21(24-11-10-22-8-6-7-9-23(22)17-24)18-28(2,3)27(30)31-29(4)25-13-19-12-20(15-25)16-26(29)14-19/h6-11,17,19-21,25-26H,5,12-16,18H2,1-4H3. The fourth-order valence-corrected chi connectivity index (χ4v) is 7.28. The zero-order valence-corrected chi connectivity index (χ0v) is 19.7. The molecule has 4 saturated carbocycles. The molecular weight excluding hydrogens is 380 g/mol. The van der Waals surface area contributed by atoms with Gasteiger partial charge in [-0.05, 0) is 112 Å². The van der Waals surface area contributed by atoms with Crippen molar-refractivity contribution in [3.63, 3.8) is 0 Å². The third kappa shape index (κ3) is 3.70. The van der Waals surface area contributed by atoms with E-state index >= 15 is 0 Å². The van der Waals surface area contributed by atoms with Crippen LogP contribution < -0.4 is 0 Å². The number of ether oxygens (including phenoxy) is 1. The molecule has 0 amide bonds. The van der Waals surface area contributed by atoms with Crippen LogP contribution in [0.15, 0.2) is 42.5 Å². The molecule has 2 heteroatoms. The van der Waals surface area contributed by atoms with Crippen molar-refractivity contribution in [2.45, 2.75) is 84.2 Å². The molecule has 2 nitrogen and oxygen atoms in total. The molecular formula is C29H38O2. The Morgan fingerprint density at radius 2 is 1.61 bits per heavy atom. The molecule has 166 valence electrons. The lowest BCUT2D eigenvalue weighted by Gasteiger charge is -2.59. The number of carbonyl (C=O) groups excluding carboxylic acids is 1. The molecule has 0 aromatic heterocycles. The maximum Gasteiger partial charge on any atom is 0.312 e. The van der Waals surface area contributed by atoms with E-state index in [1.165, 1.54) is 48.4 Å². The molecule has 2 aromatic carbocycles. The van der Waals surface area contributed by atoms with Crippen molar-refractivity contribution in [2.24, 2.45) is 29.1 Å². The lowest BCUT2D eigenvalue weighted by Crippen LogP contribution is -2.58.